The quantitative estimate of drug-likeness (QED) is 0.816. The second-order valence-electron chi connectivity index (χ2n) is 6.44. The van der Waals surface area contributed by atoms with E-state index in [4.69, 9.17) is 11.6 Å². The highest BCUT2D eigenvalue weighted by atomic mass is 35.5. The summed E-state index contributed by atoms with van der Waals surface area (Å²) in [5.74, 6) is -0.239. The fourth-order valence-corrected chi connectivity index (χ4v) is 3.82. The van der Waals surface area contributed by atoms with E-state index in [2.05, 4.69) is 25.2 Å². The molecule has 27 heavy (non-hydrogen) atoms. The molecule has 2 aromatic heterocycles. The Kier molecular flexibility index (Phi) is 4.63. The van der Waals surface area contributed by atoms with Crippen molar-refractivity contribution in [2.45, 2.75) is 12.1 Å². The fraction of sp³-hybridized carbons (Fsp3) is 0.353. The molecule has 0 spiro atoms. The molecule has 0 aliphatic carbocycles. The summed E-state index contributed by atoms with van der Waals surface area (Å²) in [5, 5.41) is 12.9. The van der Waals surface area contributed by atoms with Crippen LogP contribution in [0, 0.1) is 0 Å². The average molecular weight is 389 g/mol. The van der Waals surface area contributed by atoms with E-state index in [-0.39, 0.29) is 11.9 Å². The van der Waals surface area contributed by atoms with Crippen LogP contribution in [0.4, 0.5) is 4.79 Å². The number of carboxylic acid groups (broad SMARTS) is 1. The van der Waals surface area contributed by atoms with Gasteiger partial charge in [-0.2, -0.15) is 0 Å². The summed E-state index contributed by atoms with van der Waals surface area (Å²) in [6, 6.07) is 2.65. The maximum Gasteiger partial charge on any atom is 0.407 e. The molecule has 0 saturated carbocycles. The molecular formula is C17H17ClN6O3. The van der Waals surface area contributed by atoms with Gasteiger partial charge in [-0.05, 0) is 12.1 Å². The average Bonchev–Trinajstić information content (AvgIpc) is 2.98. The summed E-state index contributed by atoms with van der Waals surface area (Å²) < 4.78 is 0. The van der Waals surface area contributed by atoms with Crippen molar-refractivity contribution in [3.63, 3.8) is 0 Å². The van der Waals surface area contributed by atoms with E-state index < -0.39 is 12.1 Å². The van der Waals surface area contributed by atoms with Crippen LogP contribution in [0.1, 0.15) is 34.0 Å². The van der Waals surface area contributed by atoms with E-state index in [1.807, 2.05) is 0 Å². The third-order valence-electron chi connectivity index (χ3n) is 4.83. The summed E-state index contributed by atoms with van der Waals surface area (Å²) in [4.78, 5) is 39.8. The topological polar surface area (TPSA) is 112 Å². The van der Waals surface area contributed by atoms with Gasteiger partial charge in [0, 0.05) is 44.8 Å². The molecular weight excluding hydrogens is 372 g/mol. The van der Waals surface area contributed by atoms with Crippen LogP contribution in [0.3, 0.4) is 0 Å². The zero-order valence-electron chi connectivity index (χ0n) is 14.2. The Morgan fingerprint density at radius 1 is 1.22 bits per heavy atom. The molecule has 2 aromatic rings. The molecule has 0 radical (unpaired) electrons. The Balaban J connectivity index is 1.55. The maximum atomic E-state index is 12.0. The van der Waals surface area contributed by atoms with Crippen molar-refractivity contribution in [1.82, 2.24) is 30.1 Å². The number of carbonyl (C=O) groups is 2. The van der Waals surface area contributed by atoms with Crippen molar-refractivity contribution < 1.29 is 14.7 Å². The maximum absolute atomic E-state index is 12.0. The molecule has 9 nitrogen and oxygen atoms in total. The summed E-state index contributed by atoms with van der Waals surface area (Å²) in [6.45, 7) is 1.78. The van der Waals surface area contributed by atoms with Crippen molar-refractivity contribution in [2.75, 3.05) is 26.2 Å². The summed E-state index contributed by atoms with van der Waals surface area (Å²) in [5.41, 5.74) is 1.49. The van der Waals surface area contributed by atoms with Gasteiger partial charge in [-0.15, -0.1) is 0 Å². The first-order valence-electron chi connectivity index (χ1n) is 8.48. The van der Waals surface area contributed by atoms with E-state index in [0.717, 1.165) is 0 Å². The molecule has 4 heterocycles. The van der Waals surface area contributed by atoms with Gasteiger partial charge < -0.3 is 10.4 Å². The largest absolute Gasteiger partial charge is 0.465 e. The predicted octanol–water partition coefficient (Wildman–Crippen LogP) is 1.35. The molecule has 2 amide bonds. The Bertz CT molecular complexity index is 894. The standard InChI is InChI=1S/C17H17ClN6O3/c18-10-2-1-3-19-13(10)12-9-23(6-7-24(12)17(26)27)8-11-14-15(16(25)22-11)21-5-4-20-14/h1-5,11-12H,6-9H2,(H,22,25)(H,26,27). The number of nitrogens with one attached hydrogen (secondary N) is 1. The molecule has 10 heteroatoms. The highest BCUT2D eigenvalue weighted by Crippen LogP contribution is 2.30. The highest BCUT2D eigenvalue weighted by molar-refractivity contribution is 6.31. The number of rotatable bonds is 3. The van der Waals surface area contributed by atoms with Crippen molar-refractivity contribution in [1.29, 1.82) is 0 Å². The van der Waals surface area contributed by atoms with Gasteiger partial charge in [0.15, 0.2) is 5.69 Å². The first kappa shape index (κ1) is 17.6. The Hall–Kier alpha value is -2.78. The van der Waals surface area contributed by atoms with E-state index in [1.165, 1.54) is 11.1 Å². The van der Waals surface area contributed by atoms with Crippen molar-refractivity contribution in [3.8, 4) is 0 Å². The molecule has 4 rings (SSSR count). The van der Waals surface area contributed by atoms with Crippen LogP contribution < -0.4 is 5.32 Å². The van der Waals surface area contributed by atoms with Crippen LogP contribution in [-0.4, -0.2) is 68.0 Å². The van der Waals surface area contributed by atoms with E-state index >= 15 is 0 Å². The molecule has 140 valence electrons. The number of halogens is 1. The number of carbonyl (C=O) groups excluding carboxylic acids is 1. The lowest BCUT2D eigenvalue weighted by molar-refractivity contribution is 0.0612. The number of fused-ring (bicyclic) bond motifs is 1. The SMILES string of the molecule is O=C1NC(CN2CCN(C(=O)O)C(c3ncccc3Cl)C2)c2nccnc21. The highest BCUT2D eigenvalue weighted by Gasteiger charge is 2.37. The van der Waals surface area contributed by atoms with Crippen molar-refractivity contribution in [2.24, 2.45) is 0 Å². The molecule has 1 saturated heterocycles. The number of amides is 2. The normalized spacial score (nSPS) is 22.4. The molecule has 1 fully saturated rings. The lowest BCUT2D eigenvalue weighted by Crippen LogP contribution is -2.52. The number of pyridine rings is 1. The Labute approximate surface area is 160 Å². The molecule has 2 N–H and O–H groups in total. The smallest absolute Gasteiger partial charge is 0.407 e. The van der Waals surface area contributed by atoms with E-state index in [0.29, 0.717) is 48.3 Å². The van der Waals surface area contributed by atoms with Gasteiger partial charge in [0.05, 0.1) is 28.5 Å². The summed E-state index contributed by atoms with van der Waals surface area (Å²) in [6.07, 6.45) is 3.64. The van der Waals surface area contributed by atoms with Gasteiger partial charge >= 0.3 is 6.09 Å². The minimum absolute atomic E-state index is 0.239. The minimum Gasteiger partial charge on any atom is -0.465 e. The lowest BCUT2D eigenvalue weighted by Gasteiger charge is -2.40. The number of hydrogen-bond acceptors (Lipinski definition) is 6. The van der Waals surface area contributed by atoms with Crippen LogP contribution in [0.2, 0.25) is 5.02 Å². The van der Waals surface area contributed by atoms with Crippen LogP contribution >= 0.6 is 11.6 Å². The van der Waals surface area contributed by atoms with E-state index in [9.17, 15) is 14.7 Å². The van der Waals surface area contributed by atoms with Crippen LogP contribution in [-0.2, 0) is 0 Å². The van der Waals surface area contributed by atoms with E-state index in [1.54, 1.807) is 24.5 Å². The third-order valence-corrected chi connectivity index (χ3v) is 5.15. The molecule has 2 aliphatic heterocycles. The summed E-state index contributed by atoms with van der Waals surface area (Å²) in [7, 11) is 0. The fourth-order valence-electron chi connectivity index (χ4n) is 3.58. The summed E-state index contributed by atoms with van der Waals surface area (Å²) >= 11 is 6.26. The van der Waals surface area contributed by atoms with Crippen LogP contribution in [0.5, 0.6) is 0 Å². The van der Waals surface area contributed by atoms with Crippen LogP contribution in [0.25, 0.3) is 0 Å². The van der Waals surface area contributed by atoms with Gasteiger partial charge in [-0.3, -0.25) is 24.6 Å². The third kappa shape index (κ3) is 3.31. The van der Waals surface area contributed by atoms with Gasteiger partial charge in [-0.1, -0.05) is 11.6 Å². The second-order valence-corrected chi connectivity index (χ2v) is 6.85. The Morgan fingerprint density at radius 2 is 2.00 bits per heavy atom. The number of piperazine rings is 1. The molecule has 0 bridgehead atoms. The molecule has 2 aliphatic rings. The number of nitrogens with zero attached hydrogens (tertiary/aromatic N) is 5. The van der Waals surface area contributed by atoms with Crippen molar-refractivity contribution >= 4 is 23.6 Å². The van der Waals surface area contributed by atoms with Gasteiger partial charge in [0.25, 0.3) is 5.91 Å². The molecule has 2 atom stereocenters. The van der Waals surface area contributed by atoms with Crippen LogP contribution in [0.15, 0.2) is 30.7 Å². The molecule has 0 aromatic carbocycles. The number of hydrogen-bond donors (Lipinski definition) is 2. The number of aromatic nitrogens is 3. The lowest BCUT2D eigenvalue weighted by atomic mass is 10.1. The van der Waals surface area contributed by atoms with Crippen molar-refractivity contribution in [3.05, 3.63) is 52.8 Å². The monoisotopic (exact) mass is 388 g/mol. The van der Waals surface area contributed by atoms with Gasteiger partial charge in [0.1, 0.15) is 0 Å². The predicted molar refractivity (Wildman–Crippen MR) is 95.4 cm³/mol. The Morgan fingerprint density at radius 3 is 2.78 bits per heavy atom. The van der Waals surface area contributed by atoms with Gasteiger partial charge in [0.2, 0.25) is 0 Å². The molecule has 2 unspecified atom stereocenters. The first-order valence-corrected chi connectivity index (χ1v) is 8.86. The minimum atomic E-state index is -1.01. The van der Waals surface area contributed by atoms with Gasteiger partial charge in [-0.25, -0.2) is 9.78 Å². The zero-order valence-corrected chi connectivity index (χ0v) is 15.0. The zero-order chi connectivity index (χ0) is 19.0. The second kappa shape index (κ2) is 7.09. The first-order chi connectivity index (χ1) is 13.0.